The zero-order valence-corrected chi connectivity index (χ0v) is 19.1. The molecule has 0 saturated carbocycles. The minimum Gasteiger partial charge on any atom is -0.486 e. The molecule has 0 fully saturated rings. The van der Waals surface area contributed by atoms with Gasteiger partial charge in [-0.05, 0) is 41.3 Å². The van der Waals surface area contributed by atoms with Crippen molar-refractivity contribution in [2.45, 2.75) is 38.4 Å². The summed E-state index contributed by atoms with van der Waals surface area (Å²) in [7, 11) is 0. The van der Waals surface area contributed by atoms with Crippen LogP contribution in [0.2, 0.25) is 0 Å². The Morgan fingerprint density at radius 1 is 1.09 bits per heavy atom. The molecule has 9 nitrogen and oxygen atoms in total. The number of carboxylic acid groups (broad SMARTS) is 1. The predicted molar refractivity (Wildman–Crippen MR) is 122 cm³/mol. The van der Waals surface area contributed by atoms with Crippen LogP contribution in [0.15, 0.2) is 36.4 Å². The highest BCUT2D eigenvalue weighted by Gasteiger charge is 2.37. The Balaban J connectivity index is 1.53. The van der Waals surface area contributed by atoms with Crippen LogP contribution in [-0.4, -0.2) is 65.5 Å². The monoisotopic (exact) mass is 484 g/mol. The number of ketones is 1. The summed E-state index contributed by atoms with van der Waals surface area (Å²) in [6.07, 6.45) is -0.512. The van der Waals surface area contributed by atoms with Crippen LogP contribution >= 0.6 is 0 Å². The van der Waals surface area contributed by atoms with Crippen molar-refractivity contribution in [1.82, 2.24) is 10.2 Å². The largest absolute Gasteiger partial charge is 0.486 e. The summed E-state index contributed by atoms with van der Waals surface area (Å²) in [5.74, 6) is -2.14. The molecule has 184 valence electrons. The van der Waals surface area contributed by atoms with E-state index in [0.29, 0.717) is 30.3 Å². The molecule has 2 aromatic rings. The van der Waals surface area contributed by atoms with Gasteiger partial charge in [-0.2, -0.15) is 0 Å². The number of nitrogens with one attached hydrogen (secondary N) is 1. The molecule has 2 unspecified atom stereocenters. The summed E-state index contributed by atoms with van der Waals surface area (Å²) in [6, 6.07) is 8.55. The van der Waals surface area contributed by atoms with Crippen molar-refractivity contribution in [1.29, 1.82) is 0 Å². The van der Waals surface area contributed by atoms with Crippen LogP contribution in [0.3, 0.4) is 0 Å². The number of hydrogen-bond acceptors (Lipinski definition) is 6. The second-order valence-electron chi connectivity index (χ2n) is 8.35. The fourth-order valence-corrected chi connectivity index (χ4v) is 4.31. The number of hydrogen-bond donors (Lipinski definition) is 2. The first kappa shape index (κ1) is 24.2. The van der Waals surface area contributed by atoms with Gasteiger partial charge in [-0.3, -0.25) is 19.2 Å². The topological polar surface area (TPSA) is 122 Å². The Morgan fingerprint density at radius 2 is 1.77 bits per heavy atom. The minimum absolute atomic E-state index is 0.183. The molecule has 2 atom stereocenters. The van der Waals surface area contributed by atoms with Gasteiger partial charge in [-0.15, -0.1) is 0 Å². The number of carbonyl (C=O) groups is 4. The molecule has 4 rings (SSSR count). The van der Waals surface area contributed by atoms with Crippen molar-refractivity contribution in [2.24, 2.45) is 0 Å². The van der Waals surface area contributed by atoms with Gasteiger partial charge in [0.05, 0.1) is 6.42 Å². The summed E-state index contributed by atoms with van der Waals surface area (Å²) in [5.41, 5.74) is 2.83. The van der Waals surface area contributed by atoms with Gasteiger partial charge >= 0.3 is 5.97 Å². The Kier molecular flexibility index (Phi) is 6.99. The number of fused-ring (bicyclic) bond motifs is 2. The standard InChI is InChI=1S/C25H25FN2O7/c1-2-19(24(32)27-18(11-23(30)31)20(29)12-26)28-13-16-4-3-14(9-17(16)25(28)33)15-5-6-21-22(10-15)35-8-7-34-21/h3-6,9-10,18-19H,2,7-8,11-13H2,1H3,(H,27,32)(H,30,31). The van der Waals surface area contributed by atoms with Crippen LogP contribution in [0, 0.1) is 0 Å². The van der Waals surface area contributed by atoms with Crippen molar-refractivity contribution < 1.29 is 38.1 Å². The molecule has 0 bridgehead atoms. The first-order valence-corrected chi connectivity index (χ1v) is 11.3. The lowest BCUT2D eigenvalue weighted by molar-refractivity contribution is -0.140. The van der Waals surface area contributed by atoms with E-state index in [2.05, 4.69) is 5.32 Å². The van der Waals surface area contributed by atoms with Crippen molar-refractivity contribution in [3.63, 3.8) is 0 Å². The zero-order valence-electron chi connectivity index (χ0n) is 19.1. The van der Waals surface area contributed by atoms with Gasteiger partial charge in [0.15, 0.2) is 17.3 Å². The van der Waals surface area contributed by atoms with E-state index in [9.17, 15) is 23.6 Å². The number of Topliss-reactive ketones (excluding diaryl/α,β-unsaturated/α-hetero) is 1. The van der Waals surface area contributed by atoms with Gasteiger partial charge in [0, 0.05) is 12.1 Å². The third-order valence-corrected chi connectivity index (χ3v) is 6.10. The normalized spacial score (nSPS) is 15.8. The van der Waals surface area contributed by atoms with E-state index >= 15 is 0 Å². The van der Waals surface area contributed by atoms with Crippen LogP contribution < -0.4 is 14.8 Å². The van der Waals surface area contributed by atoms with E-state index in [1.54, 1.807) is 13.0 Å². The predicted octanol–water partition coefficient (Wildman–Crippen LogP) is 2.36. The molecule has 0 aliphatic carbocycles. The number of benzene rings is 2. The number of alkyl halides is 1. The van der Waals surface area contributed by atoms with Gasteiger partial charge < -0.3 is 24.8 Å². The van der Waals surface area contributed by atoms with Crippen molar-refractivity contribution in [3.05, 3.63) is 47.5 Å². The third-order valence-electron chi connectivity index (χ3n) is 6.10. The molecule has 0 saturated heterocycles. The van der Waals surface area contributed by atoms with Crippen LogP contribution in [0.1, 0.15) is 35.7 Å². The minimum atomic E-state index is -1.50. The molecule has 2 aliphatic rings. The van der Waals surface area contributed by atoms with Crippen LogP contribution in [0.25, 0.3) is 11.1 Å². The highest BCUT2D eigenvalue weighted by Crippen LogP contribution is 2.36. The number of aliphatic carboxylic acids is 1. The number of carbonyl (C=O) groups excluding carboxylic acids is 3. The highest BCUT2D eigenvalue weighted by molar-refractivity contribution is 6.02. The first-order chi connectivity index (χ1) is 16.8. The molecule has 0 spiro atoms. The van der Waals surface area contributed by atoms with Gasteiger partial charge in [0.2, 0.25) is 5.91 Å². The highest BCUT2D eigenvalue weighted by atomic mass is 19.1. The molecule has 2 amide bonds. The van der Waals surface area contributed by atoms with Crippen molar-refractivity contribution >= 4 is 23.6 Å². The maximum absolute atomic E-state index is 13.3. The fourth-order valence-electron chi connectivity index (χ4n) is 4.31. The second kappa shape index (κ2) is 10.1. The number of carboxylic acids is 1. The molecule has 0 aromatic heterocycles. The third kappa shape index (κ3) is 4.96. The van der Waals surface area contributed by atoms with E-state index in [1.165, 1.54) is 4.90 Å². The van der Waals surface area contributed by atoms with Crippen molar-refractivity contribution in [2.75, 3.05) is 19.9 Å². The Hall–Kier alpha value is -3.95. The Morgan fingerprint density at radius 3 is 2.46 bits per heavy atom. The summed E-state index contributed by atoms with van der Waals surface area (Å²) < 4.78 is 24.1. The molecule has 2 aliphatic heterocycles. The lowest BCUT2D eigenvalue weighted by Crippen LogP contribution is -2.52. The number of halogens is 1. The van der Waals surface area contributed by atoms with E-state index in [0.717, 1.165) is 16.7 Å². The molecular weight excluding hydrogens is 459 g/mol. The molecule has 2 aromatic carbocycles. The summed E-state index contributed by atoms with van der Waals surface area (Å²) >= 11 is 0. The molecule has 2 N–H and O–H groups in total. The van der Waals surface area contributed by atoms with E-state index < -0.39 is 42.8 Å². The zero-order chi connectivity index (χ0) is 25.1. The Labute approximate surface area is 200 Å². The quantitative estimate of drug-likeness (QED) is 0.560. The smallest absolute Gasteiger partial charge is 0.305 e. The van der Waals surface area contributed by atoms with Crippen LogP contribution in [0.4, 0.5) is 4.39 Å². The molecule has 0 radical (unpaired) electrons. The van der Waals surface area contributed by atoms with Gasteiger partial charge in [-0.25, -0.2) is 4.39 Å². The average Bonchev–Trinajstić information content (AvgIpc) is 3.18. The van der Waals surface area contributed by atoms with Crippen LogP contribution in [0.5, 0.6) is 11.5 Å². The molecule has 35 heavy (non-hydrogen) atoms. The maximum atomic E-state index is 13.3. The number of ether oxygens (including phenoxy) is 2. The number of nitrogens with zero attached hydrogens (tertiary/aromatic N) is 1. The van der Waals surface area contributed by atoms with E-state index in [4.69, 9.17) is 14.6 Å². The van der Waals surface area contributed by atoms with E-state index in [1.807, 2.05) is 30.3 Å². The summed E-state index contributed by atoms with van der Waals surface area (Å²) in [4.78, 5) is 50.3. The summed E-state index contributed by atoms with van der Waals surface area (Å²) in [5, 5.41) is 11.3. The van der Waals surface area contributed by atoms with Gasteiger partial charge in [0.25, 0.3) is 5.91 Å². The molecular formula is C25H25FN2O7. The maximum Gasteiger partial charge on any atom is 0.305 e. The lowest BCUT2D eigenvalue weighted by Gasteiger charge is -2.27. The van der Waals surface area contributed by atoms with Gasteiger partial charge in [0.1, 0.15) is 32.0 Å². The van der Waals surface area contributed by atoms with Crippen molar-refractivity contribution in [3.8, 4) is 22.6 Å². The first-order valence-electron chi connectivity index (χ1n) is 11.3. The van der Waals surface area contributed by atoms with E-state index in [-0.39, 0.29) is 18.9 Å². The lowest BCUT2D eigenvalue weighted by atomic mass is 10.00. The fraction of sp³-hybridized carbons (Fsp3) is 0.360. The second-order valence-corrected chi connectivity index (χ2v) is 8.35. The summed E-state index contributed by atoms with van der Waals surface area (Å²) in [6.45, 7) is 1.43. The Bertz CT molecular complexity index is 1180. The van der Waals surface area contributed by atoms with Crippen LogP contribution in [-0.2, 0) is 20.9 Å². The number of amides is 2. The number of rotatable bonds is 9. The average molecular weight is 484 g/mol. The van der Waals surface area contributed by atoms with Gasteiger partial charge in [-0.1, -0.05) is 25.1 Å². The molecule has 2 heterocycles. The molecule has 10 heteroatoms. The SMILES string of the molecule is CCC(C(=O)NC(CC(=O)O)C(=O)CF)N1Cc2ccc(-c3ccc4c(c3)OCCO4)cc2C1=O.